The van der Waals surface area contributed by atoms with Crippen molar-refractivity contribution in [2.24, 2.45) is 0 Å². The van der Waals surface area contributed by atoms with E-state index in [0.717, 1.165) is 45.1 Å². The van der Waals surface area contributed by atoms with Gasteiger partial charge < -0.3 is 10.2 Å². The lowest BCUT2D eigenvalue weighted by Gasteiger charge is -2.15. The predicted molar refractivity (Wildman–Crippen MR) is 121 cm³/mol. The van der Waals surface area contributed by atoms with Crippen LogP contribution in [0, 0.1) is 0 Å². The van der Waals surface area contributed by atoms with Crippen LogP contribution in [-0.2, 0) is 4.79 Å². The zero-order valence-electron chi connectivity index (χ0n) is 16.2. The summed E-state index contributed by atoms with van der Waals surface area (Å²) in [5.41, 5.74) is 4.14. The van der Waals surface area contributed by atoms with Gasteiger partial charge in [0.1, 0.15) is 5.01 Å². The fourth-order valence-corrected chi connectivity index (χ4v) is 4.58. The van der Waals surface area contributed by atoms with Crippen molar-refractivity contribution < 1.29 is 9.59 Å². The Hall–Kier alpha value is -3.51. The molecule has 1 saturated heterocycles. The number of hydrogen-bond donors (Lipinski definition) is 1. The lowest BCUT2D eigenvalue weighted by molar-refractivity contribution is -0.117. The van der Waals surface area contributed by atoms with Crippen LogP contribution in [0.25, 0.3) is 20.8 Å². The largest absolute Gasteiger partial charge is 0.322 e. The first-order chi connectivity index (χ1) is 14.7. The maximum Gasteiger partial charge on any atom is 0.255 e. The van der Waals surface area contributed by atoms with Gasteiger partial charge in [-0.1, -0.05) is 12.1 Å². The quantitative estimate of drug-likeness (QED) is 0.491. The smallest absolute Gasteiger partial charge is 0.255 e. The van der Waals surface area contributed by atoms with E-state index in [2.05, 4.69) is 16.4 Å². The third-order valence-corrected chi connectivity index (χ3v) is 6.28. The average Bonchev–Trinajstić information content (AvgIpc) is 3.40. The van der Waals surface area contributed by atoms with Gasteiger partial charge in [-0.05, 0) is 67.1 Å². The Labute approximate surface area is 178 Å². The second-order valence-corrected chi connectivity index (χ2v) is 8.24. The van der Waals surface area contributed by atoms with Gasteiger partial charge in [-0.3, -0.25) is 9.59 Å². The highest BCUT2D eigenvalue weighted by Crippen LogP contribution is 2.30. The molecule has 3 aromatic carbocycles. The van der Waals surface area contributed by atoms with Crippen molar-refractivity contribution in [3.63, 3.8) is 0 Å². The molecule has 0 spiro atoms. The van der Waals surface area contributed by atoms with Crippen LogP contribution < -0.4 is 10.2 Å². The Morgan fingerprint density at radius 1 is 0.967 bits per heavy atom. The van der Waals surface area contributed by atoms with Gasteiger partial charge in [-0.15, -0.1) is 11.3 Å². The Morgan fingerprint density at radius 2 is 1.73 bits per heavy atom. The predicted octanol–water partition coefficient (Wildman–Crippen LogP) is 5.34. The third kappa shape index (κ3) is 3.57. The lowest BCUT2D eigenvalue weighted by atomic mass is 10.1. The monoisotopic (exact) mass is 413 g/mol. The van der Waals surface area contributed by atoms with E-state index in [-0.39, 0.29) is 11.8 Å². The highest BCUT2D eigenvalue weighted by Gasteiger charge is 2.21. The van der Waals surface area contributed by atoms with E-state index in [1.807, 2.05) is 54.6 Å². The summed E-state index contributed by atoms with van der Waals surface area (Å²) in [5.74, 6) is -0.0394. The Morgan fingerprint density at radius 3 is 2.43 bits per heavy atom. The number of carbonyl (C=O) groups is 2. The second-order valence-electron chi connectivity index (χ2n) is 7.21. The zero-order chi connectivity index (χ0) is 20.5. The van der Waals surface area contributed by atoms with Crippen molar-refractivity contribution in [3.8, 4) is 10.6 Å². The summed E-state index contributed by atoms with van der Waals surface area (Å²) < 4.78 is 1.16. The Bertz CT molecular complexity index is 1200. The van der Waals surface area contributed by atoms with Crippen molar-refractivity contribution in [1.29, 1.82) is 0 Å². The summed E-state index contributed by atoms with van der Waals surface area (Å²) in [6, 6.07) is 22.9. The van der Waals surface area contributed by atoms with Crippen LogP contribution in [0.1, 0.15) is 23.2 Å². The molecule has 0 unspecified atom stereocenters. The van der Waals surface area contributed by atoms with Crippen LogP contribution in [-0.4, -0.2) is 23.3 Å². The Kier molecular flexibility index (Phi) is 4.77. The summed E-state index contributed by atoms with van der Waals surface area (Å²) in [5, 5.41) is 3.88. The molecule has 0 atom stereocenters. The van der Waals surface area contributed by atoms with Crippen LogP contribution in [0.5, 0.6) is 0 Å². The van der Waals surface area contributed by atoms with Crippen molar-refractivity contribution in [1.82, 2.24) is 4.98 Å². The number of para-hydroxylation sites is 1. The van der Waals surface area contributed by atoms with Crippen molar-refractivity contribution >= 4 is 44.7 Å². The average molecular weight is 414 g/mol. The van der Waals surface area contributed by atoms with Crippen LogP contribution in [0.3, 0.4) is 0 Å². The molecule has 5 nitrogen and oxygen atoms in total. The molecule has 0 bridgehead atoms. The molecule has 1 N–H and O–H groups in total. The van der Waals surface area contributed by atoms with E-state index in [4.69, 9.17) is 0 Å². The van der Waals surface area contributed by atoms with E-state index >= 15 is 0 Å². The highest BCUT2D eigenvalue weighted by atomic mass is 32.1. The number of nitrogens with zero attached hydrogens (tertiary/aromatic N) is 2. The molecule has 0 aliphatic carbocycles. The Balaban J connectivity index is 1.28. The first-order valence-corrected chi connectivity index (χ1v) is 10.7. The van der Waals surface area contributed by atoms with Crippen molar-refractivity contribution in [2.45, 2.75) is 12.8 Å². The van der Waals surface area contributed by atoms with E-state index in [0.29, 0.717) is 12.0 Å². The molecule has 1 aromatic heterocycles. The SMILES string of the molecule is O=C(Nc1ccc(-c2nc3ccccc3s2)cc1)c1ccc(N2CCCC2=O)cc1. The summed E-state index contributed by atoms with van der Waals surface area (Å²) >= 11 is 1.65. The standard InChI is InChI=1S/C24H19N3O2S/c28-22-6-3-15-27(22)19-13-9-16(10-14-19)23(29)25-18-11-7-17(8-12-18)24-26-20-4-1-2-5-21(20)30-24/h1-2,4-5,7-14H,3,6,15H2,(H,25,29). The normalized spacial score (nSPS) is 13.7. The summed E-state index contributed by atoms with van der Waals surface area (Å²) in [4.78, 5) is 30.9. The maximum atomic E-state index is 12.6. The van der Waals surface area contributed by atoms with Crippen LogP contribution in [0.15, 0.2) is 72.8 Å². The summed E-state index contributed by atoms with van der Waals surface area (Å²) in [6.07, 6.45) is 1.48. The van der Waals surface area contributed by atoms with Gasteiger partial charge in [0.15, 0.2) is 0 Å². The molecule has 0 saturated carbocycles. The molecule has 2 heterocycles. The number of nitrogens with one attached hydrogen (secondary N) is 1. The van der Waals surface area contributed by atoms with E-state index < -0.39 is 0 Å². The molecular formula is C24H19N3O2S. The number of aromatic nitrogens is 1. The van der Waals surface area contributed by atoms with E-state index in [1.54, 1.807) is 28.4 Å². The third-order valence-electron chi connectivity index (χ3n) is 5.20. The first kappa shape index (κ1) is 18.5. The molecule has 148 valence electrons. The van der Waals surface area contributed by atoms with Crippen LogP contribution in [0.4, 0.5) is 11.4 Å². The minimum Gasteiger partial charge on any atom is -0.322 e. The molecule has 1 aliphatic heterocycles. The molecule has 1 fully saturated rings. The number of amides is 2. The van der Waals surface area contributed by atoms with E-state index in [9.17, 15) is 9.59 Å². The number of rotatable bonds is 4. The molecule has 6 heteroatoms. The number of benzene rings is 3. The van der Waals surface area contributed by atoms with Gasteiger partial charge in [-0.2, -0.15) is 0 Å². The number of thiazole rings is 1. The summed E-state index contributed by atoms with van der Waals surface area (Å²) in [7, 11) is 0. The number of anilines is 2. The number of fused-ring (bicyclic) bond motifs is 1. The second kappa shape index (κ2) is 7.72. The van der Waals surface area contributed by atoms with Gasteiger partial charge in [0.25, 0.3) is 5.91 Å². The first-order valence-electron chi connectivity index (χ1n) is 9.85. The van der Waals surface area contributed by atoms with Crippen LogP contribution >= 0.6 is 11.3 Å². The fourth-order valence-electron chi connectivity index (χ4n) is 3.61. The maximum absolute atomic E-state index is 12.6. The molecular weight excluding hydrogens is 394 g/mol. The summed E-state index contributed by atoms with van der Waals surface area (Å²) in [6.45, 7) is 0.741. The van der Waals surface area contributed by atoms with Gasteiger partial charge in [0.05, 0.1) is 10.2 Å². The van der Waals surface area contributed by atoms with Gasteiger partial charge in [-0.25, -0.2) is 4.98 Å². The lowest BCUT2D eigenvalue weighted by Crippen LogP contribution is -2.23. The minimum atomic E-state index is -0.179. The highest BCUT2D eigenvalue weighted by molar-refractivity contribution is 7.21. The number of carbonyl (C=O) groups excluding carboxylic acids is 2. The molecule has 4 aromatic rings. The molecule has 5 rings (SSSR count). The topological polar surface area (TPSA) is 62.3 Å². The van der Waals surface area contributed by atoms with Crippen molar-refractivity contribution in [3.05, 3.63) is 78.4 Å². The minimum absolute atomic E-state index is 0.139. The van der Waals surface area contributed by atoms with Gasteiger partial charge >= 0.3 is 0 Å². The number of hydrogen-bond acceptors (Lipinski definition) is 4. The van der Waals surface area contributed by atoms with Crippen molar-refractivity contribution in [2.75, 3.05) is 16.8 Å². The fraction of sp³-hybridized carbons (Fsp3) is 0.125. The molecule has 0 radical (unpaired) electrons. The van der Waals surface area contributed by atoms with Gasteiger partial charge in [0, 0.05) is 35.5 Å². The zero-order valence-corrected chi connectivity index (χ0v) is 17.0. The van der Waals surface area contributed by atoms with E-state index in [1.165, 1.54) is 0 Å². The molecule has 1 aliphatic rings. The molecule has 2 amide bonds. The van der Waals surface area contributed by atoms with Gasteiger partial charge in [0.2, 0.25) is 5.91 Å². The molecule has 30 heavy (non-hydrogen) atoms. The van der Waals surface area contributed by atoms with Crippen LogP contribution in [0.2, 0.25) is 0 Å².